The van der Waals surface area contributed by atoms with Crippen LogP contribution in [0, 0.1) is 0 Å². The highest BCUT2D eigenvalue weighted by Crippen LogP contribution is 2.17. The highest BCUT2D eigenvalue weighted by atomic mass is 16.1. The van der Waals surface area contributed by atoms with Gasteiger partial charge < -0.3 is 10.6 Å². The van der Waals surface area contributed by atoms with Crippen LogP contribution in [0.25, 0.3) is 0 Å². The van der Waals surface area contributed by atoms with Crippen LogP contribution in [0.15, 0.2) is 42.1 Å². The lowest BCUT2D eigenvalue weighted by molar-refractivity contribution is -0.115. The van der Waals surface area contributed by atoms with Gasteiger partial charge in [0, 0.05) is 13.1 Å². The van der Waals surface area contributed by atoms with Crippen LogP contribution in [-0.2, 0) is 11.3 Å². The topological polar surface area (TPSA) is 46.3 Å². The minimum Gasteiger partial charge on any atom is -0.364 e. The van der Waals surface area contributed by atoms with Crippen molar-refractivity contribution >= 4 is 5.91 Å². The van der Waals surface area contributed by atoms with Crippen LogP contribution in [0.5, 0.6) is 0 Å². The number of rotatable bonds is 3. The summed E-state index contributed by atoms with van der Waals surface area (Å²) in [7, 11) is 0. The molecule has 1 aliphatic rings. The Kier molecular flexibility index (Phi) is 2.72. The van der Waals surface area contributed by atoms with Crippen molar-refractivity contribution < 1.29 is 4.79 Å². The van der Waals surface area contributed by atoms with E-state index in [-0.39, 0.29) is 5.91 Å². The van der Waals surface area contributed by atoms with Gasteiger partial charge in [0.15, 0.2) is 0 Å². The van der Waals surface area contributed by atoms with Crippen LogP contribution in [0.3, 0.4) is 0 Å². The summed E-state index contributed by atoms with van der Waals surface area (Å²) in [4.78, 5) is 13.1. The molecule has 1 aromatic carbocycles. The molecule has 0 fully saturated rings. The van der Waals surface area contributed by atoms with E-state index in [4.69, 9.17) is 5.73 Å². The third-order valence-corrected chi connectivity index (χ3v) is 2.55. The van der Waals surface area contributed by atoms with Gasteiger partial charge in [0.2, 0.25) is 0 Å². The van der Waals surface area contributed by atoms with Crippen molar-refractivity contribution in [1.82, 2.24) is 4.90 Å². The molecule has 1 amide bonds. The molecule has 78 valence electrons. The van der Waals surface area contributed by atoms with E-state index in [1.807, 2.05) is 29.2 Å². The van der Waals surface area contributed by atoms with Crippen molar-refractivity contribution in [1.29, 1.82) is 0 Å². The molecule has 0 radical (unpaired) electrons. The molecule has 0 aliphatic carbocycles. The molecule has 0 aromatic heterocycles. The number of benzene rings is 1. The molecule has 0 unspecified atom stereocenters. The number of hydrogen-bond acceptors (Lipinski definition) is 2. The fraction of sp³-hybridized carbons (Fsp3) is 0.250. The summed E-state index contributed by atoms with van der Waals surface area (Å²) < 4.78 is 0. The van der Waals surface area contributed by atoms with E-state index in [9.17, 15) is 4.79 Å². The van der Waals surface area contributed by atoms with E-state index >= 15 is 0 Å². The van der Waals surface area contributed by atoms with Gasteiger partial charge in [-0.05, 0) is 12.0 Å². The Morgan fingerprint density at radius 3 is 2.73 bits per heavy atom. The fourth-order valence-corrected chi connectivity index (χ4v) is 1.83. The Balaban J connectivity index is 2.08. The maximum atomic E-state index is 11.1. The molecule has 1 aromatic rings. The minimum atomic E-state index is -0.330. The molecule has 0 atom stereocenters. The monoisotopic (exact) mass is 202 g/mol. The van der Waals surface area contributed by atoms with Crippen LogP contribution in [0.4, 0.5) is 0 Å². The molecule has 2 N–H and O–H groups in total. The molecular weight excluding hydrogens is 188 g/mol. The van der Waals surface area contributed by atoms with E-state index in [0.717, 1.165) is 19.5 Å². The summed E-state index contributed by atoms with van der Waals surface area (Å²) in [5.41, 5.74) is 7.15. The second-order valence-corrected chi connectivity index (χ2v) is 3.65. The second kappa shape index (κ2) is 4.17. The lowest BCUT2D eigenvalue weighted by atomic mass is 10.2. The summed E-state index contributed by atoms with van der Waals surface area (Å²) in [6, 6.07) is 10.1. The molecule has 0 spiro atoms. The van der Waals surface area contributed by atoms with Crippen molar-refractivity contribution in [3.63, 3.8) is 0 Å². The molecule has 3 nitrogen and oxygen atoms in total. The molecule has 0 bridgehead atoms. The lowest BCUT2D eigenvalue weighted by Crippen LogP contribution is -2.28. The van der Waals surface area contributed by atoms with Crippen molar-refractivity contribution in [2.24, 2.45) is 5.73 Å². The van der Waals surface area contributed by atoms with E-state index in [1.54, 1.807) is 0 Å². The number of carbonyl (C=O) groups excluding carboxylic acids is 1. The number of nitrogens with zero attached hydrogens (tertiary/aromatic N) is 1. The molecule has 15 heavy (non-hydrogen) atoms. The van der Waals surface area contributed by atoms with Crippen LogP contribution >= 0.6 is 0 Å². The largest absolute Gasteiger partial charge is 0.364 e. The number of carbonyl (C=O) groups is 1. The van der Waals surface area contributed by atoms with Crippen LogP contribution < -0.4 is 5.73 Å². The summed E-state index contributed by atoms with van der Waals surface area (Å²) in [6.45, 7) is 1.64. The summed E-state index contributed by atoms with van der Waals surface area (Å²) in [5.74, 6) is -0.330. The molecular formula is C12H14N2O. The van der Waals surface area contributed by atoms with E-state index < -0.39 is 0 Å². The average molecular weight is 202 g/mol. The Bertz CT molecular complexity index is 384. The van der Waals surface area contributed by atoms with Crippen LogP contribution in [-0.4, -0.2) is 17.4 Å². The van der Waals surface area contributed by atoms with Gasteiger partial charge >= 0.3 is 0 Å². The number of nitrogens with two attached hydrogens (primary N) is 1. The first kappa shape index (κ1) is 9.77. The van der Waals surface area contributed by atoms with Gasteiger partial charge in [0.05, 0.1) is 5.70 Å². The number of amides is 1. The Hall–Kier alpha value is -1.77. The predicted molar refractivity (Wildman–Crippen MR) is 58.7 cm³/mol. The van der Waals surface area contributed by atoms with Gasteiger partial charge in [-0.25, -0.2) is 0 Å². The predicted octanol–water partition coefficient (Wildman–Crippen LogP) is 1.26. The third kappa shape index (κ3) is 2.18. The van der Waals surface area contributed by atoms with E-state index in [1.165, 1.54) is 5.56 Å². The maximum absolute atomic E-state index is 11.1. The van der Waals surface area contributed by atoms with Crippen molar-refractivity contribution in [2.45, 2.75) is 13.0 Å². The number of hydrogen-bond donors (Lipinski definition) is 1. The zero-order valence-electron chi connectivity index (χ0n) is 8.52. The van der Waals surface area contributed by atoms with Gasteiger partial charge in [-0.15, -0.1) is 0 Å². The molecule has 2 rings (SSSR count). The first-order chi connectivity index (χ1) is 7.27. The van der Waals surface area contributed by atoms with Crippen LogP contribution in [0.2, 0.25) is 0 Å². The quantitative estimate of drug-likeness (QED) is 0.802. The summed E-state index contributed by atoms with van der Waals surface area (Å²) in [6.07, 6.45) is 2.82. The normalized spacial score (nSPS) is 15.2. The van der Waals surface area contributed by atoms with Gasteiger partial charge in [-0.3, -0.25) is 4.79 Å². The maximum Gasteiger partial charge on any atom is 0.264 e. The fourth-order valence-electron chi connectivity index (χ4n) is 1.83. The number of primary amides is 1. The third-order valence-electron chi connectivity index (χ3n) is 2.55. The second-order valence-electron chi connectivity index (χ2n) is 3.65. The molecule has 0 saturated carbocycles. The van der Waals surface area contributed by atoms with E-state index in [2.05, 4.69) is 12.1 Å². The standard InChI is InChI=1S/C12H14N2O/c13-12(15)11-7-4-8-14(11)9-10-5-2-1-3-6-10/h1-3,5-7H,4,8-9H2,(H2,13,15). The highest BCUT2D eigenvalue weighted by molar-refractivity contribution is 5.91. The Morgan fingerprint density at radius 1 is 1.33 bits per heavy atom. The Labute approximate surface area is 89.2 Å². The molecule has 1 aliphatic heterocycles. The summed E-state index contributed by atoms with van der Waals surface area (Å²) in [5, 5.41) is 0. The molecule has 3 heteroatoms. The Morgan fingerprint density at radius 2 is 2.07 bits per heavy atom. The van der Waals surface area contributed by atoms with Gasteiger partial charge in [0.1, 0.15) is 0 Å². The lowest BCUT2D eigenvalue weighted by Gasteiger charge is -2.20. The summed E-state index contributed by atoms with van der Waals surface area (Å²) >= 11 is 0. The van der Waals surface area contributed by atoms with Crippen molar-refractivity contribution in [2.75, 3.05) is 6.54 Å². The molecule has 1 heterocycles. The van der Waals surface area contributed by atoms with Crippen molar-refractivity contribution in [3.05, 3.63) is 47.7 Å². The zero-order valence-corrected chi connectivity index (χ0v) is 8.52. The van der Waals surface area contributed by atoms with Crippen molar-refractivity contribution in [3.8, 4) is 0 Å². The van der Waals surface area contributed by atoms with Gasteiger partial charge in [-0.1, -0.05) is 36.4 Å². The van der Waals surface area contributed by atoms with Gasteiger partial charge in [0.25, 0.3) is 5.91 Å². The van der Waals surface area contributed by atoms with E-state index in [0.29, 0.717) is 5.70 Å². The smallest absolute Gasteiger partial charge is 0.264 e. The first-order valence-electron chi connectivity index (χ1n) is 5.06. The average Bonchev–Trinajstić information content (AvgIpc) is 2.67. The highest BCUT2D eigenvalue weighted by Gasteiger charge is 2.18. The molecule has 0 saturated heterocycles. The SMILES string of the molecule is NC(=O)C1=CCCN1Cc1ccccc1. The zero-order chi connectivity index (χ0) is 10.7. The van der Waals surface area contributed by atoms with Crippen LogP contribution in [0.1, 0.15) is 12.0 Å². The van der Waals surface area contributed by atoms with Gasteiger partial charge in [-0.2, -0.15) is 0 Å². The minimum absolute atomic E-state index is 0.330. The first-order valence-corrected chi connectivity index (χ1v) is 5.06.